The van der Waals surface area contributed by atoms with Crippen LogP contribution in [-0.2, 0) is 16.9 Å². The van der Waals surface area contributed by atoms with Gasteiger partial charge < -0.3 is 4.57 Å². The number of benzene rings is 1. The zero-order chi connectivity index (χ0) is 15.1. The molecule has 2 rings (SSSR count). The molecule has 0 fully saturated rings. The summed E-state index contributed by atoms with van der Waals surface area (Å²) in [7, 11) is -4.17. The van der Waals surface area contributed by atoms with Crippen molar-refractivity contribution in [3.8, 4) is 11.1 Å². The number of nitrogens with zero attached hydrogens (tertiary/aromatic N) is 1. The Balaban J connectivity index is 2.68. The summed E-state index contributed by atoms with van der Waals surface area (Å²) < 4.78 is 62.3. The van der Waals surface area contributed by atoms with Crippen LogP contribution in [0.25, 0.3) is 11.1 Å². The third-order valence-electron chi connectivity index (χ3n) is 2.73. The van der Waals surface area contributed by atoms with Gasteiger partial charge >= 0.3 is 5.51 Å². The van der Waals surface area contributed by atoms with Gasteiger partial charge in [-0.05, 0) is 23.8 Å². The van der Waals surface area contributed by atoms with Gasteiger partial charge in [-0.3, -0.25) is 0 Å². The van der Waals surface area contributed by atoms with Gasteiger partial charge in [0.15, 0.2) is 5.03 Å². The Morgan fingerprint density at radius 1 is 1.10 bits per heavy atom. The Morgan fingerprint density at radius 2 is 1.65 bits per heavy atom. The van der Waals surface area contributed by atoms with E-state index in [1.165, 1.54) is 43.6 Å². The van der Waals surface area contributed by atoms with Gasteiger partial charge in [0.2, 0.25) is 0 Å². The van der Waals surface area contributed by atoms with E-state index in [9.17, 15) is 21.6 Å². The maximum absolute atomic E-state index is 12.7. The van der Waals surface area contributed by atoms with Gasteiger partial charge in [0.25, 0.3) is 9.84 Å². The Labute approximate surface area is 118 Å². The summed E-state index contributed by atoms with van der Waals surface area (Å²) in [4.78, 5) is 0. The highest BCUT2D eigenvalue weighted by atomic mass is 35.5. The van der Waals surface area contributed by atoms with E-state index in [1.54, 1.807) is 0 Å². The molecule has 0 aliphatic rings. The predicted molar refractivity (Wildman–Crippen MR) is 69.1 cm³/mol. The number of hydrogen-bond donors (Lipinski definition) is 0. The standard InChI is InChI=1S/C12H9ClF3NO2S/c1-17-7-6-10(8-2-4-9(13)5-3-8)11(17)20(18,19)12(14,15)16/h2-7H,1H3. The van der Waals surface area contributed by atoms with Gasteiger partial charge in [0.1, 0.15) is 0 Å². The summed E-state index contributed by atoms with van der Waals surface area (Å²) in [5, 5.41) is -0.378. The predicted octanol–water partition coefficient (Wildman–Crippen LogP) is 3.64. The number of hydrogen-bond acceptors (Lipinski definition) is 2. The maximum atomic E-state index is 12.7. The number of aryl methyl sites for hydroxylation is 1. The van der Waals surface area contributed by atoms with E-state index in [2.05, 4.69) is 0 Å². The number of rotatable bonds is 2. The van der Waals surface area contributed by atoms with Crippen LogP contribution >= 0.6 is 11.6 Å². The summed E-state index contributed by atoms with van der Waals surface area (Å²) >= 11 is 5.70. The zero-order valence-electron chi connectivity index (χ0n) is 10.1. The average molecular weight is 324 g/mol. The Bertz CT molecular complexity index is 733. The first kappa shape index (κ1) is 14.9. The van der Waals surface area contributed by atoms with Crippen LogP contribution in [0.2, 0.25) is 5.02 Å². The van der Waals surface area contributed by atoms with E-state index < -0.39 is 20.4 Å². The minimum atomic E-state index is -5.42. The van der Waals surface area contributed by atoms with Crippen LogP contribution in [0, 0.1) is 0 Å². The molecule has 1 heterocycles. The molecule has 2 aromatic rings. The topological polar surface area (TPSA) is 39.1 Å². The van der Waals surface area contributed by atoms with Crippen LogP contribution in [-0.4, -0.2) is 18.5 Å². The molecule has 108 valence electrons. The number of aromatic nitrogens is 1. The lowest BCUT2D eigenvalue weighted by atomic mass is 10.1. The first-order valence-electron chi connectivity index (χ1n) is 5.37. The first-order valence-corrected chi connectivity index (χ1v) is 7.23. The Hall–Kier alpha value is -1.47. The fourth-order valence-electron chi connectivity index (χ4n) is 1.81. The van der Waals surface area contributed by atoms with E-state index >= 15 is 0 Å². The summed E-state index contributed by atoms with van der Waals surface area (Å²) in [6.45, 7) is 0. The smallest absolute Gasteiger partial charge is 0.341 e. The molecule has 0 radical (unpaired) electrons. The molecule has 3 nitrogen and oxygen atoms in total. The third kappa shape index (κ3) is 2.43. The molecule has 0 unspecified atom stereocenters. The van der Waals surface area contributed by atoms with Crippen molar-refractivity contribution in [2.75, 3.05) is 0 Å². The van der Waals surface area contributed by atoms with Gasteiger partial charge in [-0.2, -0.15) is 13.2 Å². The third-order valence-corrected chi connectivity index (χ3v) is 4.61. The minimum absolute atomic E-state index is 0.0125. The second kappa shape index (κ2) is 4.82. The van der Waals surface area contributed by atoms with Gasteiger partial charge in [-0.25, -0.2) is 8.42 Å². The Kier molecular flexibility index (Phi) is 3.60. The van der Waals surface area contributed by atoms with Crippen LogP contribution in [0.15, 0.2) is 41.6 Å². The Morgan fingerprint density at radius 3 is 2.15 bits per heavy atom. The number of halogens is 4. The number of sulfone groups is 1. The van der Waals surface area contributed by atoms with Gasteiger partial charge in [-0.1, -0.05) is 23.7 Å². The molecule has 0 atom stereocenters. The maximum Gasteiger partial charge on any atom is 0.503 e. The molecule has 8 heteroatoms. The lowest BCUT2D eigenvalue weighted by molar-refractivity contribution is -0.0439. The molecular weight excluding hydrogens is 315 g/mol. The summed E-state index contributed by atoms with van der Waals surface area (Å²) in [5.74, 6) is 0. The van der Waals surface area contributed by atoms with Crippen molar-refractivity contribution in [3.05, 3.63) is 41.6 Å². The van der Waals surface area contributed by atoms with Crippen molar-refractivity contribution in [1.29, 1.82) is 0 Å². The van der Waals surface area contributed by atoms with E-state index in [0.29, 0.717) is 10.6 Å². The van der Waals surface area contributed by atoms with Crippen molar-refractivity contribution in [2.45, 2.75) is 10.5 Å². The molecule has 0 bridgehead atoms. The highest BCUT2D eigenvalue weighted by Crippen LogP contribution is 2.36. The lowest BCUT2D eigenvalue weighted by Gasteiger charge is -2.11. The molecule has 1 aromatic heterocycles. The normalized spacial score (nSPS) is 12.7. The highest BCUT2D eigenvalue weighted by molar-refractivity contribution is 7.92. The van der Waals surface area contributed by atoms with Crippen molar-refractivity contribution in [3.63, 3.8) is 0 Å². The van der Waals surface area contributed by atoms with E-state index in [0.717, 1.165) is 4.57 Å². The molecule has 0 aliphatic carbocycles. The van der Waals surface area contributed by atoms with Crippen molar-refractivity contribution < 1.29 is 21.6 Å². The fraction of sp³-hybridized carbons (Fsp3) is 0.167. The van der Waals surface area contributed by atoms with Crippen LogP contribution in [0.1, 0.15) is 0 Å². The highest BCUT2D eigenvalue weighted by Gasteiger charge is 2.49. The molecule has 0 spiro atoms. The van der Waals surface area contributed by atoms with E-state index in [1.807, 2.05) is 0 Å². The first-order chi connectivity index (χ1) is 9.14. The van der Waals surface area contributed by atoms with Crippen LogP contribution in [0.5, 0.6) is 0 Å². The van der Waals surface area contributed by atoms with Crippen molar-refractivity contribution in [2.24, 2.45) is 7.05 Å². The molecule has 0 N–H and O–H groups in total. The largest absolute Gasteiger partial charge is 0.503 e. The van der Waals surface area contributed by atoms with Gasteiger partial charge in [-0.15, -0.1) is 0 Å². The molecule has 0 saturated heterocycles. The molecule has 20 heavy (non-hydrogen) atoms. The van der Waals surface area contributed by atoms with Gasteiger partial charge in [0.05, 0.1) is 0 Å². The van der Waals surface area contributed by atoms with Crippen molar-refractivity contribution >= 4 is 21.4 Å². The second-order valence-corrected chi connectivity index (χ2v) is 6.39. The summed E-state index contributed by atoms with van der Waals surface area (Å²) in [6, 6.07) is 7.21. The van der Waals surface area contributed by atoms with Crippen molar-refractivity contribution in [1.82, 2.24) is 4.57 Å². The van der Waals surface area contributed by atoms with E-state index in [-0.39, 0.29) is 5.56 Å². The zero-order valence-corrected chi connectivity index (χ0v) is 11.7. The lowest BCUT2D eigenvalue weighted by Crippen LogP contribution is -2.25. The quantitative estimate of drug-likeness (QED) is 0.846. The number of alkyl halides is 3. The van der Waals surface area contributed by atoms with Crippen LogP contribution in [0.4, 0.5) is 13.2 Å². The van der Waals surface area contributed by atoms with Crippen LogP contribution in [0.3, 0.4) is 0 Å². The molecule has 0 aliphatic heterocycles. The minimum Gasteiger partial charge on any atom is -0.341 e. The van der Waals surface area contributed by atoms with Crippen LogP contribution < -0.4 is 0 Å². The summed E-state index contributed by atoms with van der Waals surface area (Å²) in [5.41, 5.74) is -5.01. The molecule has 0 amide bonds. The van der Waals surface area contributed by atoms with E-state index in [4.69, 9.17) is 11.6 Å². The molecular formula is C12H9ClF3NO2S. The SMILES string of the molecule is Cn1ccc(-c2ccc(Cl)cc2)c1S(=O)(=O)C(F)(F)F. The average Bonchev–Trinajstić information content (AvgIpc) is 2.71. The fourth-order valence-corrected chi connectivity index (χ4v) is 3.07. The summed E-state index contributed by atoms with van der Waals surface area (Å²) in [6.07, 6.45) is 1.27. The van der Waals surface area contributed by atoms with Gasteiger partial charge in [0, 0.05) is 23.8 Å². The monoisotopic (exact) mass is 323 g/mol. The second-order valence-electron chi connectivity index (χ2n) is 4.10. The molecule has 1 aromatic carbocycles. The molecule has 0 saturated carbocycles.